The normalized spacial score (nSPS) is 12.1. The average molecular weight is 282 g/mol. The van der Waals surface area contributed by atoms with E-state index in [2.05, 4.69) is 10.3 Å². The van der Waals surface area contributed by atoms with Gasteiger partial charge in [0, 0.05) is 16.3 Å². The molecule has 1 amide bonds. The molecule has 1 atom stereocenters. The van der Waals surface area contributed by atoms with Gasteiger partial charge in [0.2, 0.25) is 0 Å². The van der Waals surface area contributed by atoms with Crippen LogP contribution in [0.15, 0.2) is 22.2 Å². The van der Waals surface area contributed by atoms with Crippen LogP contribution < -0.4 is 5.32 Å². The fourth-order valence-electron chi connectivity index (χ4n) is 1.23. The van der Waals surface area contributed by atoms with Crippen molar-refractivity contribution in [2.45, 2.75) is 13.0 Å². The highest BCUT2D eigenvalue weighted by Gasteiger charge is 2.17. The van der Waals surface area contributed by atoms with Gasteiger partial charge in [0.15, 0.2) is 0 Å². The lowest BCUT2D eigenvalue weighted by molar-refractivity contribution is -0.138. The van der Waals surface area contributed by atoms with E-state index in [-0.39, 0.29) is 5.69 Å². The number of nitrogens with zero attached hydrogens (tertiary/aromatic N) is 1. The van der Waals surface area contributed by atoms with Gasteiger partial charge in [-0.1, -0.05) is 0 Å². The number of carboxylic acid groups (broad SMARTS) is 1. The number of thiophene rings is 1. The van der Waals surface area contributed by atoms with Crippen molar-refractivity contribution in [3.05, 3.63) is 27.9 Å². The Balaban J connectivity index is 2.11. The van der Waals surface area contributed by atoms with Crippen LogP contribution in [0.4, 0.5) is 0 Å². The number of amides is 1. The van der Waals surface area contributed by atoms with Crippen molar-refractivity contribution in [1.29, 1.82) is 0 Å². The molecule has 2 aromatic rings. The molecule has 5 nitrogen and oxygen atoms in total. The molecule has 0 unspecified atom stereocenters. The van der Waals surface area contributed by atoms with Crippen LogP contribution in [0.25, 0.3) is 10.6 Å². The van der Waals surface area contributed by atoms with Crippen LogP contribution in [0.3, 0.4) is 0 Å². The summed E-state index contributed by atoms with van der Waals surface area (Å²) in [6.07, 6.45) is 0. The number of hydrogen-bond acceptors (Lipinski definition) is 5. The number of aliphatic carboxylic acids is 1. The quantitative estimate of drug-likeness (QED) is 0.899. The maximum atomic E-state index is 11.7. The number of carbonyl (C=O) groups excluding carboxylic acids is 1. The Morgan fingerprint density at radius 3 is 2.83 bits per heavy atom. The molecule has 0 spiro atoms. The Morgan fingerprint density at radius 1 is 1.44 bits per heavy atom. The summed E-state index contributed by atoms with van der Waals surface area (Å²) in [6, 6.07) is 0.995. The van der Waals surface area contributed by atoms with Crippen molar-refractivity contribution in [1.82, 2.24) is 10.3 Å². The highest BCUT2D eigenvalue weighted by molar-refractivity contribution is 7.14. The van der Waals surface area contributed by atoms with Crippen LogP contribution in [0.5, 0.6) is 0 Å². The predicted octanol–water partition coefficient (Wildman–Crippen LogP) is 2.07. The van der Waals surface area contributed by atoms with E-state index in [4.69, 9.17) is 5.11 Å². The van der Waals surface area contributed by atoms with Gasteiger partial charge in [0.05, 0.1) is 0 Å². The third-order valence-electron chi connectivity index (χ3n) is 2.22. The molecule has 0 fully saturated rings. The van der Waals surface area contributed by atoms with Gasteiger partial charge in [0.1, 0.15) is 16.7 Å². The molecule has 0 aliphatic rings. The minimum atomic E-state index is -1.07. The number of aromatic nitrogens is 1. The molecule has 18 heavy (non-hydrogen) atoms. The van der Waals surface area contributed by atoms with Crippen LogP contribution in [-0.4, -0.2) is 28.0 Å². The molecule has 2 heterocycles. The lowest BCUT2D eigenvalue weighted by Gasteiger charge is -2.06. The molecule has 0 radical (unpaired) electrons. The Bertz CT molecular complexity index is 563. The summed E-state index contributed by atoms with van der Waals surface area (Å²) in [7, 11) is 0. The van der Waals surface area contributed by atoms with Gasteiger partial charge < -0.3 is 10.4 Å². The van der Waals surface area contributed by atoms with Crippen LogP contribution in [-0.2, 0) is 4.79 Å². The fourth-order valence-corrected chi connectivity index (χ4v) is 2.74. The molecule has 2 N–H and O–H groups in total. The fraction of sp³-hybridized carbons (Fsp3) is 0.182. The van der Waals surface area contributed by atoms with E-state index in [1.54, 1.807) is 16.7 Å². The number of thiazole rings is 1. The van der Waals surface area contributed by atoms with Crippen molar-refractivity contribution in [2.75, 3.05) is 0 Å². The van der Waals surface area contributed by atoms with Crippen molar-refractivity contribution in [2.24, 2.45) is 0 Å². The number of carbonyl (C=O) groups is 2. The molecule has 7 heteroatoms. The van der Waals surface area contributed by atoms with Gasteiger partial charge in [-0.05, 0) is 18.4 Å². The van der Waals surface area contributed by atoms with E-state index in [0.717, 1.165) is 10.6 Å². The molecule has 2 aromatic heterocycles. The molecule has 0 saturated carbocycles. The van der Waals surface area contributed by atoms with Gasteiger partial charge in [0.25, 0.3) is 5.91 Å². The summed E-state index contributed by atoms with van der Waals surface area (Å²) in [6.45, 7) is 1.41. The van der Waals surface area contributed by atoms with Crippen LogP contribution in [0.2, 0.25) is 0 Å². The van der Waals surface area contributed by atoms with E-state index in [0.29, 0.717) is 0 Å². The van der Waals surface area contributed by atoms with Crippen LogP contribution in [0, 0.1) is 0 Å². The van der Waals surface area contributed by atoms with Gasteiger partial charge >= 0.3 is 5.97 Å². The summed E-state index contributed by atoms with van der Waals surface area (Å²) < 4.78 is 0. The highest BCUT2D eigenvalue weighted by atomic mass is 32.1. The predicted molar refractivity (Wildman–Crippen MR) is 70.0 cm³/mol. The Labute approximate surface area is 111 Å². The minimum absolute atomic E-state index is 0.245. The van der Waals surface area contributed by atoms with Crippen molar-refractivity contribution in [3.63, 3.8) is 0 Å². The smallest absolute Gasteiger partial charge is 0.325 e. The largest absolute Gasteiger partial charge is 0.480 e. The molecule has 2 rings (SSSR count). The van der Waals surface area contributed by atoms with Crippen molar-refractivity contribution in [3.8, 4) is 10.6 Å². The number of hydrogen-bond donors (Lipinski definition) is 2. The second-order valence-corrected chi connectivity index (χ2v) is 5.22. The Kier molecular flexibility index (Phi) is 3.73. The van der Waals surface area contributed by atoms with Crippen molar-refractivity contribution >= 4 is 34.6 Å². The molecular formula is C11H10N2O3S2. The Hall–Kier alpha value is -1.73. The minimum Gasteiger partial charge on any atom is -0.480 e. The second kappa shape index (κ2) is 5.28. The maximum Gasteiger partial charge on any atom is 0.325 e. The first-order chi connectivity index (χ1) is 8.58. The summed E-state index contributed by atoms with van der Waals surface area (Å²) in [5.41, 5.74) is 1.21. The van der Waals surface area contributed by atoms with E-state index < -0.39 is 17.9 Å². The molecule has 0 aliphatic carbocycles. The van der Waals surface area contributed by atoms with Gasteiger partial charge in [-0.15, -0.1) is 11.3 Å². The summed E-state index contributed by atoms with van der Waals surface area (Å²) >= 11 is 2.91. The van der Waals surface area contributed by atoms with Crippen LogP contribution >= 0.6 is 22.7 Å². The highest BCUT2D eigenvalue weighted by Crippen LogP contribution is 2.25. The first-order valence-corrected chi connectivity index (χ1v) is 6.92. The summed E-state index contributed by atoms with van der Waals surface area (Å²) in [4.78, 5) is 26.5. The summed E-state index contributed by atoms with van der Waals surface area (Å²) in [5, 5.41) is 17.3. The van der Waals surface area contributed by atoms with Crippen LogP contribution in [0.1, 0.15) is 17.4 Å². The molecule has 0 aromatic carbocycles. The molecular weight excluding hydrogens is 272 g/mol. The van der Waals surface area contributed by atoms with E-state index in [1.807, 2.05) is 16.8 Å². The first kappa shape index (κ1) is 12.7. The topological polar surface area (TPSA) is 79.3 Å². The second-order valence-electron chi connectivity index (χ2n) is 3.58. The van der Waals surface area contributed by atoms with Gasteiger partial charge in [-0.3, -0.25) is 9.59 Å². The molecule has 0 bridgehead atoms. The zero-order chi connectivity index (χ0) is 13.1. The third-order valence-corrected chi connectivity index (χ3v) is 3.80. The van der Waals surface area contributed by atoms with E-state index in [9.17, 15) is 9.59 Å². The lowest BCUT2D eigenvalue weighted by Crippen LogP contribution is -2.38. The maximum absolute atomic E-state index is 11.7. The average Bonchev–Trinajstić information content (AvgIpc) is 2.99. The molecule has 0 aliphatic heterocycles. The third kappa shape index (κ3) is 2.74. The first-order valence-electron chi connectivity index (χ1n) is 5.09. The lowest BCUT2D eigenvalue weighted by atomic mass is 10.3. The SMILES string of the molecule is C[C@@H](NC(=O)c1csc(-c2ccsc2)n1)C(=O)O. The number of carboxylic acids is 1. The number of rotatable bonds is 4. The standard InChI is InChI=1S/C11H10N2O3S2/c1-6(11(15)16)12-9(14)8-5-18-10(13-8)7-2-3-17-4-7/h2-6H,1H3,(H,12,14)(H,15,16)/t6-/m1/s1. The molecule has 0 saturated heterocycles. The summed E-state index contributed by atoms with van der Waals surface area (Å²) in [5.74, 6) is -1.54. The zero-order valence-electron chi connectivity index (χ0n) is 9.41. The molecule has 94 valence electrons. The number of nitrogens with one attached hydrogen (secondary N) is 1. The van der Waals surface area contributed by atoms with E-state index in [1.165, 1.54) is 18.3 Å². The monoisotopic (exact) mass is 282 g/mol. The van der Waals surface area contributed by atoms with Gasteiger partial charge in [-0.25, -0.2) is 4.98 Å². The zero-order valence-corrected chi connectivity index (χ0v) is 11.0. The Morgan fingerprint density at radius 2 is 2.22 bits per heavy atom. The van der Waals surface area contributed by atoms with Gasteiger partial charge in [-0.2, -0.15) is 11.3 Å². The van der Waals surface area contributed by atoms with E-state index >= 15 is 0 Å². The van der Waals surface area contributed by atoms with Crippen molar-refractivity contribution < 1.29 is 14.7 Å².